The molecule has 0 bridgehead atoms. The summed E-state index contributed by atoms with van der Waals surface area (Å²) >= 11 is 0. The Morgan fingerprint density at radius 3 is 2.64 bits per heavy atom. The van der Waals surface area contributed by atoms with Crippen molar-refractivity contribution in [3.05, 3.63) is 30.1 Å². The summed E-state index contributed by atoms with van der Waals surface area (Å²) in [6.45, 7) is 2.33. The van der Waals surface area contributed by atoms with Crippen LogP contribution in [0.1, 0.15) is 13.3 Å². The Labute approximate surface area is 89.7 Å². The van der Waals surface area contributed by atoms with Gasteiger partial charge >= 0.3 is 0 Å². The summed E-state index contributed by atoms with van der Waals surface area (Å²) in [5.41, 5.74) is 5.62. The van der Waals surface area contributed by atoms with Crippen molar-refractivity contribution < 1.29 is 9.13 Å². The van der Waals surface area contributed by atoms with Gasteiger partial charge in [-0.2, -0.15) is 0 Å². The van der Waals surface area contributed by atoms with Crippen LogP contribution in [0.3, 0.4) is 0 Å². The zero-order chi connectivity index (χ0) is 9.68. The molecule has 4 heteroatoms. The van der Waals surface area contributed by atoms with Gasteiger partial charge in [-0.05, 0) is 18.6 Å². The highest BCUT2D eigenvalue weighted by molar-refractivity contribution is 5.85. The molecule has 0 spiro atoms. The minimum Gasteiger partial charge on any atom is -0.489 e. The third kappa shape index (κ3) is 3.94. The molecule has 0 aliphatic carbocycles. The van der Waals surface area contributed by atoms with Crippen LogP contribution in [0.25, 0.3) is 0 Å². The van der Waals surface area contributed by atoms with Gasteiger partial charge in [0.1, 0.15) is 6.61 Å². The summed E-state index contributed by atoms with van der Waals surface area (Å²) < 4.78 is 18.2. The fourth-order valence-electron chi connectivity index (χ4n) is 0.876. The van der Waals surface area contributed by atoms with E-state index >= 15 is 0 Å². The Hall–Kier alpha value is -0.800. The number of para-hydroxylation sites is 1. The average molecular weight is 220 g/mol. The van der Waals surface area contributed by atoms with E-state index in [1.807, 2.05) is 6.92 Å². The Morgan fingerprint density at radius 2 is 2.07 bits per heavy atom. The van der Waals surface area contributed by atoms with Gasteiger partial charge in [-0.25, -0.2) is 4.39 Å². The van der Waals surface area contributed by atoms with Crippen molar-refractivity contribution in [1.29, 1.82) is 0 Å². The van der Waals surface area contributed by atoms with E-state index in [4.69, 9.17) is 10.5 Å². The SMILES string of the molecule is CCC(N)COc1ccccc1F.Cl. The largest absolute Gasteiger partial charge is 0.489 e. The molecule has 0 saturated carbocycles. The number of rotatable bonds is 4. The summed E-state index contributed by atoms with van der Waals surface area (Å²) in [4.78, 5) is 0. The second kappa shape index (κ2) is 6.62. The zero-order valence-electron chi connectivity index (χ0n) is 8.07. The van der Waals surface area contributed by atoms with E-state index in [0.717, 1.165) is 6.42 Å². The summed E-state index contributed by atoms with van der Waals surface area (Å²) in [7, 11) is 0. The Bertz CT molecular complexity index is 270. The smallest absolute Gasteiger partial charge is 0.165 e. The van der Waals surface area contributed by atoms with E-state index < -0.39 is 0 Å². The molecule has 1 aromatic rings. The highest BCUT2D eigenvalue weighted by Gasteiger charge is 2.03. The number of nitrogens with two attached hydrogens (primary N) is 1. The third-order valence-corrected chi connectivity index (χ3v) is 1.81. The zero-order valence-corrected chi connectivity index (χ0v) is 8.89. The van der Waals surface area contributed by atoms with Crippen LogP contribution in [-0.4, -0.2) is 12.6 Å². The lowest BCUT2D eigenvalue weighted by Crippen LogP contribution is -2.26. The van der Waals surface area contributed by atoms with Crippen LogP contribution in [0, 0.1) is 5.82 Å². The van der Waals surface area contributed by atoms with Crippen molar-refractivity contribution in [2.75, 3.05) is 6.61 Å². The molecule has 2 N–H and O–H groups in total. The van der Waals surface area contributed by atoms with Gasteiger partial charge in [0, 0.05) is 6.04 Å². The van der Waals surface area contributed by atoms with Crippen LogP contribution in [0.5, 0.6) is 5.75 Å². The van der Waals surface area contributed by atoms with Crippen LogP contribution in [0.15, 0.2) is 24.3 Å². The van der Waals surface area contributed by atoms with Crippen LogP contribution in [-0.2, 0) is 0 Å². The molecular formula is C10H15ClFNO. The average Bonchev–Trinajstić information content (AvgIpc) is 2.16. The number of ether oxygens (including phenoxy) is 1. The standard InChI is InChI=1S/C10H14FNO.ClH/c1-2-8(12)7-13-10-6-4-3-5-9(10)11;/h3-6,8H,2,7,12H2,1H3;1H. The second-order valence-electron chi connectivity index (χ2n) is 2.91. The molecule has 0 aromatic heterocycles. The van der Waals surface area contributed by atoms with Crippen molar-refractivity contribution in [3.63, 3.8) is 0 Å². The van der Waals surface area contributed by atoms with Gasteiger partial charge in [-0.15, -0.1) is 12.4 Å². The van der Waals surface area contributed by atoms with Crippen LogP contribution >= 0.6 is 12.4 Å². The highest BCUT2D eigenvalue weighted by Crippen LogP contribution is 2.15. The van der Waals surface area contributed by atoms with Crippen molar-refractivity contribution in [3.8, 4) is 5.75 Å². The number of hydrogen-bond donors (Lipinski definition) is 1. The van der Waals surface area contributed by atoms with Gasteiger partial charge < -0.3 is 10.5 Å². The third-order valence-electron chi connectivity index (χ3n) is 1.81. The molecule has 1 aromatic carbocycles. The predicted molar refractivity (Wildman–Crippen MR) is 57.4 cm³/mol. The molecule has 0 aliphatic rings. The molecule has 2 nitrogen and oxygen atoms in total. The van der Waals surface area contributed by atoms with E-state index in [-0.39, 0.29) is 30.0 Å². The van der Waals surface area contributed by atoms with Crippen LogP contribution < -0.4 is 10.5 Å². The molecule has 0 aliphatic heterocycles. The quantitative estimate of drug-likeness (QED) is 0.844. The lowest BCUT2D eigenvalue weighted by atomic mass is 10.2. The lowest BCUT2D eigenvalue weighted by Gasteiger charge is -2.11. The first-order chi connectivity index (χ1) is 6.24. The molecule has 0 fully saturated rings. The van der Waals surface area contributed by atoms with Gasteiger partial charge in [-0.1, -0.05) is 19.1 Å². The minimum absolute atomic E-state index is 0. The maximum Gasteiger partial charge on any atom is 0.165 e. The van der Waals surface area contributed by atoms with Crippen molar-refractivity contribution >= 4 is 12.4 Å². The van der Waals surface area contributed by atoms with Crippen LogP contribution in [0.2, 0.25) is 0 Å². The van der Waals surface area contributed by atoms with Crippen LogP contribution in [0.4, 0.5) is 4.39 Å². The van der Waals surface area contributed by atoms with E-state index in [1.165, 1.54) is 6.07 Å². The van der Waals surface area contributed by atoms with E-state index in [2.05, 4.69) is 0 Å². The molecule has 0 heterocycles. The second-order valence-corrected chi connectivity index (χ2v) is 2.91. The first kappa shape index (κ1) is 13.2. The predicted octanol–water partition coefficient (Wildman–Crippen LogP) is 2.36. The van der Waals surface area contributed by atoms with E-state index in [1.54, 1.807) is 18.2 Å². The van der Waals surface area contributed by atoms with Gasteiger partial charge in [0.15, 0.2) is 11.6 Å². The normalized spacial score (nSPS) is 11.6. The number of halogens is 2. The van der Waals surface area contributed by atoms with Gasteiger partial charge in [0.25, 0.3) is 0 Å². The summed E-state index contributed by atoms with van der Waals surface area (Å²) in [6, 6.07) is 6.29. The monoisotopic (exact) mass is 219 g/mol. The summed E-state index contributed by atoms with van der Waals surface area (Å²) in [5, 5.41) is 0. The fourth-order valence-corrected chi connectivity index (χ4v) is 0.876. The Balaban J connectivity index is 0.00000169. The van der Waals surface area contributed by atoms with E-state index in [0.29, 0.717) is 6.61 Å². The number of benzene rings is 1. The maximum absolute atomic E-state index is 13.0. The lowest BCUT2D eigenvalue weighted by molar-refractivity contribution is 0.273. The molecule has 0 radical (unpaired) electrons. The van der Waals surface area contributed by atoms with E-state index in [9.17, 15) is 4.39 Å². The topological polar surface area (TPSA) is 35.2 Å². The molecule has 1 rings (SSSR count). The Morgan fingerprint density at radius 1 is 1.43 bits per heavy atom. The van der Waals surface area contributed by atoms with Crippen molar-refractivity contribution in [2.45, 2.75) is 19.4 Å². The van der Waals surface area contributed by atoms with Crippen molar-refractivity contribution in [1.82, 2.24) is 0 Å². The molecule has 1 unspecified atom stereocenters. The highest BCUT2D eigenvalue weighted by atomic mass is 35.5. The first-order valence-electron chi connectivity index (χ1n) is 4.37. The molecular weight excluding hydrogens is 205 g/mol. The molecule has 1 atom stereocenters. The fraction of sp³-hybridized carbons (Fsp3) is 0.400. The molecule has 14 heavy (non-hydrogen) atoms. The number of hydrogen-bond acceptors (Lipinski definition) is 2. The van der Waals surface area contributed by atoms with Gasteiger partial charge in [-0.3, -0.25) is 0 Å². The Kier molecular flexibility index (Phi) is 6.25. The molecule has 80 valence electrons. The first-order valence-corrected chi connectivity index (χ1v) is 4.37. The van der Waals surface area contributed by atoms with Crippen molar-refractivity contribution in [2.24, 2.45) is 5.73 Å². The summed E-state index contributed by atoms with van der Waals surface area (Å²) in [5.74, 6) is -0.0720. The molecule has 0 amide bonds. The maximum atomic E-state index is 13.0. The van der Waals surface area contributed by atoms with Gasteiger partial charge in [0.2, 0.25) is 0 Å². The molecule has 0 saturated heterocycles. The van der Waals surface area contributed by atoms with Gasteiger partial charge in [0.05, 0.1) is 0 Å². The minimum atomic E-state index is -0.342. The summed E-state index contributed by atoms with van der Waals surface area (Å²) in [6.07, 6.45) is 0.828.